The van der Waals surface area contributed by atoms with Crippen LogP contribution < -0.4 is 0 Å². The first kappa shape index (κ1) is 26.0. The molecule has 0 aliphatic carbocycles. The van der Waals surface area contributed by atoms with Gasteiger partial charge in [0.25, 0.3) is 0 Å². The number of aromatic nitrogens is 1. The van der Waals surface area contributed by atoms with E-state index in [9.17, 15) is 0 Å². The fourth-order valence-electron chi connectivity index (χ4n) is 7.29. The lowest BCUT2D eigenvalue weighted by Gasteiger charge is -2.09. The Hall–Kier alpha value is -6.32. The minimum atomic E-state index is 0.884. The number of hydrogen-bond donors (Lipinski definition) is 0. The topological polar surface area (TPSA) is 31.2 Å². The van der Waals surface area contributed by atoms with Crippen LogP contribution in [0.15, 0.2) is 173 Å². The second-order valence-electron chi connectivity index (χ2n) is 12.1. The van der Waals surface area contributed by atoms with E-state index in [1.165, 1.54) is 0 Å². The first-order chi connectivity index (χ1) is 23.3. The van der Waals surface area contributed by atoms with Crippen LogP contribution in [0.3, 0.4) is 0 Å². The molecule has 0 N–H and O–H groups in total. The van der Waals surface area contributed by atoms with Gasteiger partial charge in [-0.05, 0) is 76.3 Å². The minimum Gasteiger partial charge on any atom is -0.455 e. The van der Waals surface area contributed by atoms with E-state index >= 15 is 0 Å². The summed E-state index contributed by atoms with van der Waals surface area (Å²) in [5.41, 5.74) is 13.8. The van der Waals surface area contributed by atoms with Crippen molar-refractivity contribution in [2.75, 3.05) is 0 Å². The molecule has 3 aromatic heterocycles. The van der Waals surface area contributed by atoms with Crippen LogP contribution in [0.4, 0.5) is 0 Å². The van der Waals surface area contributed by atoms with Gasteiger partial charge < -0.3 is 13.4 Å². The Bertz CT molecular complexity index is 2780. The molecule has 0 atom stereocenters. The average molecular weight is 602 g/mol. The quantitative estimate of drug-likeness (QED) is 0.201. The maximum absolute atomic E-state index is 6.56. The molecule has 0 saturated carbocycles. The molecule has 10 rings (SSSR count). The number of fused-ring (bicyclic) bond motifs is 8. The summed E-state index contributed by atoms with van der Waals surface area (Å²) in [6.45, 7) is 0. The van der Waals surface area contributed by atoms with Crippen LogP contribution in [0.25, 0.3) is 94.0 Å². The lowest BCUT2D eigenvalue weighted by molar-refractivity contribution is 0.670. The predicted octanol–water partition coefficient (Wildman–Crippen LogP) is 12.4. The van der Waals surface area contributed by atoms with Gasteiger partial charge in [0, 0.05) is 32.8 Å². The Kier molecular flexibility index (Phi) is 5.57. The molecule has 3 heteroatoms. The first-order valence-corrected chi connectivity index (χ1v) is 15.9. The highest BCUT2D eigenvalue weighted by atomic mass is 16.3. The van der Waals surface area contributed by atoms with Gasteiger partial charge in [-0.3, -0.25) is 0 Å². The van der Waals surface area contributed by atoms with E-state index in [1.54, 1.807) is 0 Å². The molecule has 0 saturated heterocycles. The summed E-state index contributed by atoms with van der Waals surface area (Å²) in [6, 6.07) is 57.6. The van der Waals surface area contributed by atoms with Crippen LogP contribution in [0.2, 0.25) is 0 Å². The number of benzene rings is 7. The molecule has 220 valence electrons. The van der Waals surface area contributed by atoms with Crippen LogP contribution in [-0.2, 0) is 0 Å². The fourth-order valence-corrected chi connectivity index (χ4v) is 7.29. The summed E-state index contributed by atoms with van der Waals surface area (Å²) in [5, 5.41) is 4.47. The summed E-state index contributed by atoms with van der Waals surface area (Å²) < 4.78 is 15.4. The summed E-state index contributed by atoms with van der Waals surface area (Å²) >= 11 is 0. The van der Waals surface area contributed by atoms with Crippen molar-refractivity contribution in [3.63, 3.8) is 0 Å². The lowest BCUT2D eigenvalue weighted by atomic mass is 9.95. The molecule has 0 fully saturated rings. The first-order valence-electron chi connectivity index (χ1n) is 15.9. The van der Waals surface area contributed by atoms with Crippen molar-refractivity contribution in [1.82, 2.24) is 4.57 Å². The van der Waals surface area contributed by atoms with Crippen LogP contribution >= 0.6 is 0 Å². The molecule has 0 amide bonds. The maximum Gasteiger partial charge on any atom is 0.161 e. The molecule has 47 heavy (non-hydrogen) atoms. The molecule has 0 radical (unpaired) electrons. The SMILES string of the molecule is c1ccc(-c2cccc3c2oc2cccc(-c4cccc(-c5ccc6oc7c8ccccc8n(-c8ccccc8)c7c6c5)c4)c23)cc1. The molecule has 0 bridgehead atoms. The normalized spacial score (nSPS) is 11.8. The minimum absolute atomic E-state index is 0.884. The van der Waals surface area contributed by atoms with E-state index in [1.807, 2.05) is 6.07 Å². The average Bonchev–Trinajstić information content (AvgIpc) is 3.81. The van der Waals surface area contributed by atoms with Crippen LogP contribution in [0.5, 0.6) is 0 Å². The van der Waals surface area contributed by atoms with Crippen molar-refractivity contribution in [2.24, 2.45) is 0 Å². The van der Waals surface area contributed by atoms with Gasteiger partial charge in [-0.15, -0.1) is 0 Å². The second kappa shape index (κ2) is 10.1. The Balaban J connectivity index is 1.15. The highest BCUT2D eigenvalue weighted by Gasteiger charge is 2.20. The summed E-state index contributed by atoms with van der Waals surface area (Å²) in [6.07, 6.45) is 0. The molecule has 0 unspecified atom stereocenters. The Morgan fingerprint density at radius 2 is 1.04 bits per heavy atom. The highest BCUT2D eigenvalue weighted by Crippen LogP contribution is 2.43. The highest BCUT2D eigenvalue weighted by molar-refractivity contribution is 6.17. The Morgan fingerprint density at radius 3 is 1.94 bits per heavy atom. The van der Waals surface area contributed by atoms with Crippen molar-refractivity contribution in [3.8, 4) is 39.1 Å². The number of furan rings is 2. The molecule has 3 heterocycles. The van der Waals surface area contributed by atoms with Gasteiger partial charge in [0.2, 0.25) is 0 Å². The van der Waals surface area contributed by atoms with Gasteiger partial charge in [-0.2, -0.15) is 0 Å². The van der Waals surface area contributed by atoms with Gasteiger partial charge in [-0.1, -0.05) is 115 Å². The zero-order chi connectivity index (χ0) is 30.9. The van der Waals surface area contributed by atoms with Crippen molar-refractivity contribution in [1.29, 1.82) is 0 Å². The monoisotopic (exact) mass is 601 g/mol. The van der Waals surface area contributed by atoms with E-state index in [-0.39, 0.29) is 0 Å². The molecule has 0 spiro atoms. The Labute approximate surface area is 270 Å². The van der Waals surface area contributed by atoms with Gasteiger partial charge in [-0.25, -0.2) is 0 Å². The van der Waals surface area contributed by atoms with E-state index in [0.29, 0.717) is 0 Å². The smallest absolute Gasteiger partial charge is 0.161 e. The summed E-state index contributed by atoms with van der Waals surface area (Å²) in [4.78, 5) is 0. The summed E-state index contributed by atoms with van der Waals surface area (Å²) in [7, 11) is 0. The van der Waals surface area contributed by atoms with Crippen molar-refractivity contribution in [3.05, 3.63) is 164 Å². The largest absolute Gasteiger partial charge is 0.455 e. The van der Waals surface area contributed by atoms with Gasteiger partial charge in [0.15, 0.2) is 5.58 Å². The predicted molar refractivity (Wildman–Crippen MR) is 194 cm³/mol. The van der Waals surface area contributed by atoms with E-state index in [4.69, 9.17) is 8.83 Å². The molecule has 7 aromatic carbocycles. The molecule has 3 nitrogen and oxygen atoms in total. The van der Waals surface area contributed by atoms with Gasteiger partial charge >= 0.3 is 0 Å². The number of hydrogen-bond acceptors (Lipinski definition) is 2. The molecule has 0 aliphatic heterocycles. The molecular weight excluding hydrogens is 574 g/mol. The zero-order valence-electron chi connectivity index (χ0n) is 25.4. The van der Waals surface area contributed by atoms with Crippen molar-refractivity contribution >= 4 is 54.9 Å². The third-order valence-corrected chi connectivity index (χ3v) is 9.40. The zero-order valence-corrected chi connectivity index (χ0v) is 25.4. The third-order valence-electron chi connectivity index (χ3n) is 9.40. The summed E-state index contributed by atoms with van der Waals surface area (Å²) in [5.74, 6) is 0. The van der Waals surface area contributed by atoms with E-state index < -0.39 is 0 Å². The van der Waals surface area contributed by atoms with Crippen LogP contribution in [0.1, 0.15) is 0 Å². The fraction of sp³-hybridized carbons (Fsp3) is 0. The Morgan fingerprint density at radius 1 is 0.383 bits per heavy atom. The molecular formula is C44H27NO2. The molecule has 10 aromatic rings. The molecule has 0 aliphatic rings. The number of para-hydroxylation sites is 3. The van der Waals surface area contributed by atoms with Crippen LogP contribution in [0, 0.1) is 0 Å². The maximum atomic E-state index is 6.56. The number of nitrogens with zero attached hydrogens (tertiary/aromatic N) is 1. The van der Waals surface area contributed by atoms with E-state index in [2.05, 4.69) is 162 Å². The third kappa shape index (κ3) is 3.93. The van der Waals surface area contributed by atoms with Gasteiger partial charge in [0.05, 0.1) is 5.52 Å². The van der Waals surface area contributed by atoms with Crippen molar-refractivity contribution in [2.45, 2.75) is 0 Å². The van der Waals surface area contributed by atoms with Crippen molar-refractivity contribution < 1.29 is 8.83 Å². The number of rotatable bonds is 4. The second-order valence-corrected chi connectivity index (χ2v) is 12.1. The van der Waals surface area contributed by atoms with Crippen LogP contribution in [-0.4, -0.2) is 4.57 Å². The lowest BCUT2D eigenvalue weighted by Crippen LogP contribution is -1.92. The van der Waals surface area contributed by atoms with Gasteiger partial charge in [0.1, 0.15) is 22.3 Å². The van der Waals surface area contributed by atoms with E-state index in [0.717, 1.165) is 94.0 Å². The standard InChI is InChI=1S/C44H27NO2/c1-3-12-28(13-4-1)34-20-10-21-36-41-33(19-11-23-40(41)47-43(34)36)31-15-9-14-29(26-31)30-24-25-39-37(27-30)42-44(46-39)35-18-7-8-22-38(35)45(42)32-16-5-2-6-17-32/h1-27H.